The van der Waals surface area contributed by atoms with Crippen LogP contribution in [0.3, 0.4) is 0 Å². The number of rotatable bonds is 5. The minimum atomic E-state index is -0.690. The predicted octanol–water partition coefficient (Wildman–Crippen LogP) is 3.47. The molecule has 0 bridgehead atoms. The van der Waals surface area contributed by atoms with Gasteiger partial charge in [0.05, 0.1) is 11.4 Å². The molecule has 0 spiro atoms. The van der Waals surface area contributed by atoms with Gasteiger partial charge in [-0.05, 0) is 74.2 Å². The van der Waals surface area contributed by atoms with Crippen LogP contribution in [0.15, 0.2) is 51.0 Å². The fraction of sp³-hybridized carbons (Fsp3) is 0.280. The van der Waals surface area contributed by atoms with E-state index in [1.165, 1.54) is 14.1 Å². The van der Waals surface area contributed by atoms with E-state index in [1.54, 1.807) is 6.07 Å². The molecule has 9 heteroatoms. The van der Waals surface area contributed by atoms with Crippen LogP contribution in [0.5, 0.6) is 5.88 Å². The third kappa shape index (κ3) is 5.31. The SMILES string of the molecule is Cc1ccc(N=C(SCC(=O)Nc2ccc(C)c(C)c2)c2c(O)n(C)c(=O)n(C)c2=O)cc1C. The number of hydrogen-bond donors (Lipinski definition) is 2. The number of anilines is 1. The van der Waals surface area contributed by atoms with Crippen LogP contribution in [-0.2, 0) is 18.9 Å². The molecule has 0 radical (unpaired) electrons. The van der Waals surface area contributed by atoms with Gasteiger partial charge in [0, 0.05) is 19.8 Å². The first-order valence-corrected chi connectivity index (χ1v) is 11.6. The molecule has 34 heavy (non-hydrogen) atoms. The molecule has 0 atom stereocenters. The fourth-order valence-corrected chi connectivity index (χ4v) is 4.08. The first-order valence-electron chi connectivity index (χ1n) is 10.6. The van der Waals surface area contributed by atoms with E-state index in [9.17, 15) is 19.5 Å². The van der Waals surface area contributed by atoms with E-state index in [0.29, 0.717) is 11.4 Å². The third-order valence-electron chi connectivity index (χ3n) is 5.70. The van der Waals surface area contributed by atoms with E-state index >= 15 is 0 Å². The Kier molecular flexibility index (Phi) is 7.46. The second-order valence-electron chi connectivity index (χ2n) is 8.23. The molecule has 3 aromatic rings. The molecule has 0 aliphatic heterocycles. The lowest BCUT2D eigenvalue weighted by molar-refractivity contribution is -0.113. The van der Waals surface area contributed by atoms with Gasteiger partial charge < -0.3 is 10.4 Å². The van der Waals surface area contributed by atoms with Crippen molar-refractivity contribution in [3.63, 3.8) is 0 Å². The molecule has 0 unspecified atom stereocenters. The number of carbonyl (C=O) groups is 1. The van der Waals surface area contributed by atoms with E-state index < -0.39 is 17.1 Å². The van der Waals surface area contributed by atoms with Gasteiger partial charge in [-0.1, -0.05) is 23.9 Å². The van der Waals surface area contributed by atoms with Gasteiger partial charge >= 0.3 is 5.69 Å². The lowest BCUT2D eigenvalue weighted by Crippen LogP contribution is -2.39. The molecule has 0 aliphatic carbocycles. The Balaban J connectivity index is 1.99. The zero-order chi connectivity index (χ0) is 25.2. The molecule has 0 fully saturated rings. The lowest BCUT2D eigenvalue weighted by atomic mass is 10.1. The molecule has 0 aliphatic rings. The smallest absolute Gasteiger partial charge is 0.333 e. The van der Waals surface area contributed by atoms with Crippen LogP contribution in [-0.4, -0.2) is 30.9 Å². The van der Waals surface area contributed by atoms with E-state index in [0.717, 1.165) is 43.1 Å². The van der Waals surface area contributed by atoms with Crippen molar-refractivity contribution in [3.05, 3.63) is 85.1 Å². The van der Waals surface area contributed by atoms with Gasteiger partial charge in [0.15, 0.2) is 0 Å². The van der Waals surface area contributed by atoms with E-state index in [4.69, 9.17) is 0 Å². The van der Waals surface area contributed by atoms with Crippen LogP contribution >= 0.6 is 11.8 Å². The van der Waals surface area contributed by atoms with Crippen molar-refractivity contribution in [2.45, 2.75) is 27.7 Å². The summed E-state index contributed by atoms with van der Waals surface area (Å²) in [6, 6.07) is 11.2. The lowest BCUT2D eigenvalue weighted by Gasteiger charge is -2.13. The summed E-state index contributed by atoms with van der Waals surface area (Å²) in [7, 11) is 2.70. The van der Waals surface area contributed by atoms with Crippen molar-refractivity contribution in [1.82, 2.24) is 9.13 Å². The zero-order valence-corrected chi connectivity index (χ0v) is 20.9. The number of aryl methyl sites for hydroxylation is 4. The van der Waals surface area contributed by atoms with Crippen molar-refractivity contribution in [1.29, 1.82) is 0 Å². The average molecular weight is 481 g/mol. The molecule has 1 heterocycles. The second kappa shape index (κ2) is 10.1. The van der Waals surface area contributed by atoms with E-state index in [-0.39, 0.29) is 22.3 Å². The Hall–Kier alpha value is -3.59. The number of aliphatic imine (C=N–C) groups is 1. The molecule has 3 rings (SSSR count). The topological polar surface area (TPSA) is 106 Å². The number of thioether (sulfide) groups is 1. The standard InChI is InChI=1S/C25H28N4O4S/c1-14-7-9-18(11-16(14)3)26-20(30)13-34-22(27-19-10-8-15(2)17(4)12-19)21-23(31)28(5)25(33)29(6)24(21)32/h7-12,31H,13H2,1-6H3,(H,26,30). The maximum Gasteiger partial charge on any atom is 0.333 e. The van der Waals surface area contributed by atoms with E-state index in [2.05, 4.69) is 10.3 Å². The average Bonchev–Trinajstić information content (AvgIpc) is 2.79. The summed E-state index contributed by atoms with van der Waals surface area (Å²) in [4.78, 5) is 42.4. The van der Waals surface area contributed by atoms with Crippen LogP contribution in [0.2, 0.25) is 0 Å². The van der Waals surface area contributed by atoms with E-state index in [1.807, 2.05) is 58.0 Å². The van der Waals surface area contributed by atoms with Crippen LogP contribution in [0.4, 0.5) is 11.4 Å². The number of nitrogens with one attached hydrogen (secondary N) is 1. The van der Waals surface area contributed by atoms with Gasteiger partial charge in [-0.25, -0.2) is 9.79 Å². The first-order chi connectivity index (χ1) is 16.0. The Morgan fingerprint density at radius 1 is 0.941 bits per heavy atom. The molecule has 1 aromatic heterocycles. The maximum absolute atomic E-state index is 12.9. The van der Waals surface area contributed by atoms with Gasteiger partial charge in [-0.15, -0.1) is 0 Å². The molecular weight excluding hydrogens is 452 g/mol. The molecule has 178 valence electrons. The Morgan fingerprint density at radius 3 is 2.18 bits per heavy atom. The van der Waals surface area contributed by atoms with Gasteiger partial charge in [0.1, 0.15) is 10.6 Å². The van der Waals surface area contributed by atoms with Crippen molar-refractivity contribution in [3.8, 4) is 5.88 Å². The number of carbonyl (C=O) groups excluding carboxylic acids is 1. The summed E-state index contributed by atoms with van der Waals surface area (Å²) in [6.07, 6.45) is 0. The summed E-state index contributed by atoms with van der Waals surface area (Å²) in [6.45, 7) is 7.88. The molecule has 1 amide bonds. The van der Waals surface area contributed by atoms with Crippen LogP contribution in [0.25, 0.3) is 0 Å². The summed E-state index contributed by atoms with van der Waals surface area (Å²) in [5.74, 6) is -0.845. The van der Waals surface area contributed by atoms with Crippen LogP contribution < -0.4 is 16.6 Å². The minimum absolute atomic E-state index is 0.0535. The van der Waals surface area contributed by atoms with Crippen molar-refractivity contribution < 1.29 is 9.90 Å². The number of aromatic hydroxyl groups is 1. The normalized spacial score (nSPS) is 11.5. The molecule has 8 nitrogen and oxygen atoms in total. The summed E-state index contributed by atoms with van der Waals surface area (Å²) >= 11 is 1.02. The van der Waals surface area contributed by atoms with Gasteiger partial charge in [0.2, 0.25) is 11.8 Å². The minimum Gasteiger partial charge on any atom is -0.494 e. The largest absolute Gasteiger partial charge is 0.494 e. The highest BCUT2D eigenvalue weighted by Crippen LogP contribution is 2.25. The highest BCUT2D eigenvalue weighted by Gasteiger charge is 2.22. The highest BCUT2D eigenvalue weighted by atomic mass is 32.2. The molecule has 2 N–H and O–H groups in total. The summed E-state index contributed by atoms with van der Waals surface area (Å²) in [5, 5.41) is 13.6. The quantitative estimate of drug-likeness (QED) is 0.430. The first kappa shape index (κ1) is 25.0. The zero-order valence-electron chi connectivity index (χ0n) is 20.1. The number of aromatic nitrogens is 2. The molecule has 0 saturated heterocycles. The van der Waals surface area contributed by atoms with Gasteiger partial charge in [0.25, 0.3) is 5.56 Å². The van der Waals surface area contributed by atoms with Crippen LogP contribution in [0, 0.1) is 27.7 Å². The summed E-state index contributed by atoms with van der Waals surface area (Å²) in [5.41, 5.74) is 4.03. The predicted molar refractivity (Wildman–Crippen MR) is 138 cm³/mol. The third-order valence-corrected chi connectivity index (χ3v) is 6.67. The number of hydrogen-bond acceptors (Lipinski definition) is 6. The number of benzene rings is 2. The van der Waals surface area contributed by atoms with Crippen molar-refractivity contribution in [2.75, 3.05) is 11.1 Å². The Labute approximate surface area is 202 Å². The number of nitrogens with zero attached hydrogens (tertiary/aromatic N) is 3. The highest BCUT2D eigenvalue weighted by molar-refractivity contribution is 8.15. The van der Waals surface area contributed by atoms with Crippen LogP contribution in [0.1, 0.15) is 27.8 Å². The van der Waals surface area contributed by atoms with Gasteiger partial charge in [-0.2, -0.15) is 0 Å². The van der Waals surface area contributed by atoms with Gasteiger partial charge in [-0.3, -0.25) is 18.7 Å². The maximum atomic E-state index is 12.9. The Morgan fingerprint density at radius 2 is 1.56 bits per heavy atom. The molecule has 2 aromatic carbocycles. The summed E-state index contributed by atoms with van der Waals surface area (Å²) < 4.78 is 1.88. The second-order valence-corrected chi connectivity index (χ2v) is 9.19. The van der Waals surface area contributed by atoms with Crippen molar-refractivity contribution in [2.24, 2.45) is 19.1 Å². The fourth-order valence-electron chi connectivity index (χ4n) is 3.24. The van der Waals surface area contributed by atoms with Crippen molar-refractivity contribution >= 4 is 34.1 Å². The molecule has 0 saturated carbocycles. The monoisotopic (exact) mass is 480 g/mol. The Bertz CT molecular complexity index is 1420. The molecular formula is C25H28N4O4S. The number of amides is 1.